The molecule has 6 nitrogen and oxygen atoms in total. The molecule has 182 valence electrons. The van der Waals surface area contributed by atoms with Crippen molar-refractivity contribution in [2.75, 3.05) is 11.9 Å². The lowest BCUT2D eigenvalue weighted by Crippen LogP contribution is -2.36. The van der Waals surface area contributed by atoms with Gasteiger partial charge < -0.3 is 14.8 Å². The first-order chi connectivity index (χ1) is 16.3. The molecule has 1 saturated carbocycles. The highest BCUT2D eigenvalue weighted by Crippen LogP contribution is 2.35. The van der Waals surface area contributed by atoms with E-state index in [2.05, 4.69) is 33.0 Å². The van der Waals surface area contributed by atoms with Gasteiger partial charge >= 0.3 is 11.9 Å². The van der Waals surface area contributed by atoms with Gasteiger partial charge in [0.25, 0.3) is 5.91 Å². The minimum Gasteiger partial charge on any atom is -0.458 e. The molecule has 1 N–H and O–H groups in total. The zero-order valence-electron chi connectivity index (χ0n) is 20.5. The molecular formula is C28H35NO5. The van der Waals surface area contributed by atoms with Crippen LogP contribution in [-0.2, 0) is 20.7 Å². The number of amides is 1. The monoisotopic (exact) mass is 465 g/mol. The molecule has 0 bridgehead atoms. The maximum Gasteiger partial charge on any atom is 0.339 e. The summed E-state index contributed by atoms with van der Waals surface area (Å²) in [6.45, 7) is 8.07. The largest absolute Gasteiger partial charge is 0.458 e. The summed E-state index contributed by atoms with van der Waals surface area (Å²) < 4.78 is 11.1. The lowest BCUT2D eigenvalue weighted by Gasteiger charge is -2.36. The van der Waals surface area contributed by atoms with Crippen LogP contribution in [0, 0.1) is 17.8 Å². The molecule has 0 unspecified atom stereocenters. The highest BCUT2D eigenvalue weighted by molar-refractivity contribution is 6.04. The number of aryl methyl sites for hydroxylation is 1. The van der Waals surface area contributed by atoms with Gasteiger partial charge in [0.05, 0.1) is 11.1 Å². The summed E-state index contributed by atoms with van der Waals surface area (Å²) in [6.07, 6.45) is 3.71. The Hall–Kier alpha value is -3.15. The Bertz CT molecular complexity index is 998. The standard InChI is InChI=1S/C28H35NO5/c1-5-20-11-13-21(14-12-20)29-26(30)17-33-27(31)23-8-6-7-9-24(23)28(32)34-25-16-19(4)10-15-22(25)18(2)3/h6-9,11-14,18-19,22,25H,5,10,15-17H2,1-4H3,(H,29,30)/t19-,22+,25+/m0/s1. The third kappa shape index (κ3) is 6.69. The third-order valence-corrected chi connectivity index (χ3v) is 6.57. The summed E-state index contributed by atoms with van der Waals surface area (Å²) in [6, 6.07) is 13.9. The van der Waals surface area contributed by atoms with E-state index in [1.165, 1.54) is 6.07 Å². The van der Waals surface area contributed by atoms with E-state index in [0.29, 0.717) is 23.4 Å². The second-order valence-electron chi connectivity index (χ2n) is 9.49. The van der Waals surface area contributed by atoms with E-state index in [1.54, 1.807) is 30.3 Å². The Kier molecular flexibility index (Phi) is 8.85. The average Bonchev–Trinajstić information content (AvgIpc) is 2.83. The number of benzene rings is 2. The Morgan fingerprint density at radius 1 is 0.971 bits per heavy atom. The Morgan fingerprint density at radius 3 is 2.24 bits per heavy atom. The smallest absolute Gasteiger partial charge is 0.339 e. The summed E-state index contributed by atoms with van der Waals surface area (Å²) in [4.78, 5) is 38.0. The fourth-order valence-corrected chi connectivity index (χ4v) is 4.52. The minimum atomic E-state index is -0.735. The average molecular weight is 466 g/mol. The SMILES string of the molecule is CCc1ccc(NC(=O)COC(=O)c2ccccc2C(=O)O[C@@H]2C[C@@H](C)CC[C@@H]2C(C)C)cc1. The van der Waals surface area contributed by atoms with Crippen LogP contribution in [0.2, 0.25) is 0 Å². The first kappa shape index (κ1) is 25.5. The summed E-state index contributed by atoms with van der Waals surface area (Å²) in [7, 11) is 0. The van der Waals surface area contributed by atoms with Gasteiger partial charge in [-0.2, -0.15) is 0 Å². The molecule has 1 aliphatic rings. The maximum atomic E-state index is 13.0. The highest BCUT2D eigenvalue weighted by Gasteiger charge is 2.34. The van der Waals surface area contributed by atoms with Crippen molar-refractivity contribution >= 4 is 23.5 Å². The van der Waals surface area contributed by atoms with Crippen LogP contribution < -0.4 is 5.32 Å². The van der Waals surface area contributed by atoms with Crippen molar-refractivity contribution in [3.63, 3.8) is 0 Å². The Labute approximate surface area is 202 Å². The van der Waals surface area contributed by atoms with Crippen molar-refractivity contribution in [3.8, 4) is 0 Å². The lowest BCUT2D eigenvalue weighted by molar-refractivity contribution is -0.119. The predicted molar refractivity (Wildman–Crippen MR) is 132 cm³/mol. The molecule has 0 spiro atoms. The second-order valence-corrected chi connectivity index (χ2v) is 9.49. The van der Waals surface area contributed by atoms with Gasteiger partial charge in [-0.05, 0) is 66.8 Å². The molecule has 1 fully saturated rings. The van der Waals surface area contributed by atoms with Crippen molar-refractivity contribution in [3.05, 3.63) is 65.2 Å². The summed E-state index contributed by atoms with van der Waals surface area (Å²) in [5.74, 6) is -0.519. The molecule has 0 radical (unpaired) electrons. The second kappa shape index (κ2) is 11.8. The zero-order valence-corrected chi connectivity index (χ0v) is 20.5. The third-order valence-electron chi connectivity index (χ3n) is 6.57. The van der Waals surface area contributed by atoms with Crippen molar-refractivity contribution in [1.29, 1.82) is 0 Å². The first-order valence-electron chi connectivity index (χ1n) is 12.1. The van der Waals surface area contributed by atoms with E-state index in [4.69, 9.17) is 9.47 Å². The number of carbonyl (C=O) groups is 3. The van der Waals surface area contributed by atoms with Gasteiger partial charge in [-0.1, -0.05) is 58.4 Å². The van der Waals surface area contributed by atoms with Gasteiger partial charge in [0.15, 0.2) is 6.61 Å². The molecule has 1 aliphatic carbocycles. The summed E-state index contributed by atoms with van der Waals surface area (Å²) in [5.41, 5.74) is 2.04. The van der Waals surface area contributed by atoms with Gasteiger partial charge in [0, 0.05) is 5.69 Å². The summed E-state index contributed by atoms with van der Waals surface area (Å²) >= 11 is 0. The fraction of sp³-hybridized carbons (Fsp3) is 0.464. The zero-order chi connectivity index (χ0) is 24.7. The van der Waals surface area contributed by atoms with Crippen LogP contribution in [0.4, 0.5) is 5.69 Å². The number of esters is 2. The van der Waals surface area contributed by atoms with Crippen LogP contribution in [0.25, 0.3) is 0 Å². The van der Waals surface area contributed by atoms with E-state index in [-0.39, 0.29) is 17.2 Å². The van der Waals surface area contributed by atoms with Crippen LogP contribution in [0.1, 0.15) is 73.2 Å². The molecule has 2 aromatic carbocycles. The molecule has 34 heavy (non-hydrogen) atoms. The molecule has 2 aromatic rings. The Balaban J connectivity index is 1.62. The van der Waals surface area contributed by atoms with Crippen molar-refractivity contribution in [1.82, 2.24) is 0 Å². The van der Waals surface area contributed by atoms with Gasteiger partial charge in [0.1, 0.15) is 6.10 Å². The lowest BCUT2D eigenvalue weighted by atomic mass is 9.75. The van der Waals surface area contributed by atoms with E-state index in [0.717, 1.165) is 31.2 Å². The van der Waals surface area contributed by atoms with Crippen LogP contribution >= 0.6 is 0 Å². The van der Waals surface area contributed by atoms with Gasteiger partial charge in [-0.25, -0.2) is 9.59 Å². The van der Waals surface area contributed by atoms with E-state index < -0.39 is 24.5 Å². The van der Waals surface area contributed by atoms with Crippen molar-refractivity contribution < 1.29 is 23.9 Å². The topological polar surface area (TPSA) is 81.7 Å². The molecule has 6 heteroatoms. The van der Waals surface area contributed by atoms with Crippen LogP contribution in [0.5, 0.6) is 0 Å². The fourth-order valence-electron chi connectivity index (χ4n) is 4.52. The van der Waals surface area contributed by atoms with Crippen LogP contribution in [0.3, 0.4) is 0 Å². The first-order valence-corrected chi connectivity index (χ1v) is 12.1. The Morgan fingerprint density at radius 2 is 1.62 bits per heavy atom. The molecule has 0 aromatic heterocycles. The van der Waals surface area contributed by atoms with E-state index in [9.17, 15) is 14.4 Å². The normalized spacial score (nSPS) is 20.0. The molecule has 0 aliphatic heterocycles. The predicted octanol–water partition coefficient (Wildman–Crippen LogP) is 5.66. The number of hydrogen-bond acceptors (Lipinski definition) is 5. The van der Waals surface area contributed by atoms with Gasteiger partial charge in [-0.3, -0.25) is 4.79 Å². The molecule has 3 atom stereocenters. The van der Waals surface area contributed by atoms with Gasteiger partial charge in [-0.15, -0.1) is 0 Å². The number of hydrogen-bond donors (Lipinski definition) is 1. The quantitative estimate of drug-likeness (QED) is 0.509. The van der Waals surface area contributed by atoms with Crippen molar-refractivity contribution in [2.45, 2.75) is 59.5 Å². The minimum absolute atomic E-state index is 0.0950. The van der Waals surface area contributed by atoms with Crippen LogP contribution in [0.15, 0.2) is 48.5 Å². The number of rotatable bonds is 8. The molecule has 0 heterocycles. The maximum absolute atomic E-state index is 13.0. The van der Waals surface area contributed by atoms with E-state index in [1.807, 2.05) is 12.1 Å². The van der Waals surface area contributed by atoms with Crippen molar-refractivity contribution in [2.24, 2.45) is 17.8 Å². The van der Waals surface area contributed by atoms with Crippen LogP contribution in [-0.4, -0.2) is 30.6 Å². The number of ether oxygens (including phenoxy) is 2. The van der Waals surface area contributed by atoms with Gasteiger partial charge in [0.2, 0.25) is 0 Å². The number of nitrogens with one attached hydrogen (secondary N) is 1. The molecule has 0 saturated heterocycles. The molecule has 3 rings (SSSR count). The summed E-state index contributed by atoms with van der Waals surface area (Å²) in [5, 5.41) is 2.70. The highest BCUT2D eigenvalue weighted by atomic mass is 16.5. The number of carbonyl (C=O) groups excluding carboxylic acids is 3. The molecular weight excluding hydrogens is 430 g/mol. The molecule has 1 amide bonds. The number of anilines is 1. The van der Waals surface area contributed by atoms with E-state index >= 15 is 0 Å².